The van der Waals surface area contributed by atoms with E-state index in [-0.39, 0.29) is 5.91 Å². The van der Waals surface area contributed by atoms with Crippen molar-refractivity contribution in [3.05, 3.63) is 34.9 Å². The van der Waals surface area contributed by atoms with Gasteiger partial charge in [0.15, 0.2) is 0 Å². The molecule has 0 aromatic heterocycles. The number of hydrogen-bond donors (Lipinski definition) is 1. The van der Waals surface area contributed by atoms with Crippen LogP contribution in [0.15, 0.2) is 18.2 Å². The molecule has 1 heterocycles. The standard InChI is InChI=1S/C16H22N2O/c19-16(18-8-1-2-9-18)12-17-11-13-6-7-14-4-3-5-15(14)10-13/h6-7,10,17H,1-5,8-9,11-12H2. The molecule has 0 spiro atoms. The Morgan fingerprint density at radius 3 is 2.74 bits per heavy atom. The van der Waals surface area contributed by atoms with Gasteiger partial charge in [-0.2, -0.15) is 0 Å². The van der Waals surface area contributed by atoms with Gasteiger partial charge in [-0.1, -0.05) is 18.2 Å². The summed E-state index contributed by atoms with van der Waals surface area (Å²) in [7, 11) is 0. The monoisotopic (exact) mass is 258 g/mol. The lowest BCUT2D eigenvalue weighted by molar-refractivity contribution is -0.129. The molecule has 1 amide bonds. The van der Waals surface area contributed by atoms with Crippen LogP contribution in [0.3, 0.4) is 0 Å². The van der Waals surface area contributed by atoms with Crippen LogP contribution < -0.4 is 5.32 Å². The second-order valence-corrected chi connectivity index (χ2v) is 5.65. The van der Waals surface area contributed by atoms with E-state index in [1.165, 1.54) is 36.0 Å². The zero-order chi connectivity index (χ0) is 13.1. The van der Waals surface area contributed by atoms with Gasteiger partial charge in [-0.15, -0.1) is 0 Å². The molecule has 0 radical (unpaired) electrons. The summed E-state index contributed by atoms with van der Waals surface area (Å²) in [6.07, 6.45) is 6.07. The summed E-state index contributed by atoms with van der Waals surface area (Å²) < 4.78 is 0. The maximum atomic E-state index is 11.9. The van der Waals surface area contributed by atoms with Crippen molar-refractivity contribution in [2.45, 2.75) is 38.6 Å². The Hall–Kier alpha value is -1.35. The van der Waals surface area contributed by atoms with E-state index in [4.69, 9.17) is 0 Å². The number of aryl methyl sites for hydroxylation is 2. The number of likely N-dealkylation sites (tertiary alicyclic amines) is 1. The molecule has 0 atom stereocenters. The van der Waals surface area contributed by atoms with Gasteiger partial charge in [0.05, 0.1) is 6.54 Å². The highest BCUT2D eigenvalue weighted by Gasteiger charge is 2.17. The Morgan fingerprint density at radius 1 is 1.11 bits per heavy atom. The number of rotatable bonds is 4. The molecule has 1 fully saturated rings. The lowest BCUT2D eigenvalue weighted by Crippen LogP contribution is -2.35. The number of carbonyl (C=O) groups is 1. The van der Waals surface area contributed by atoms with E-state index in [9.17, 15) is 4.79 Å². The zero-order valence-corrected chi connectivity index (χ0v) is 11.5. The molecule has 1 aliphatic carbocycles. The SMILES string of the molecule is O=C(CNCc1ccc2c(c1)CCC2)N1CCCC1. The van der Waals surface area contributed by atoms with Crippen LogP contribution in [0.5, 0.6) is 0 Å². The van der Waals surface area contributed by atoms with Gasteiger partial charge in [0.1, 0.15) is 0 Å². The normalized spacial score (nSPS) is 17.8. The number of nitrogens with one attached hydrogen (secondary N) is 1. The molecule has 0 unspecified atom stereocenters. The van der Waals surface area contributed by atoms with Crippen LogP contribution in [0.1, 0.15) is 36.0 Å². The Labute approximate surface area is 115 Å². The molecule has 102 valence electrons. The molecule has 3 nitrogen and oxygen atoms in total. The Kier molecular flexibility index (Phi) is 3.83. The summed E-state index contributed by atoms with van der Waals surface area (Å²) in [6.45, 7) is 3.16. The van der Waals surface area contributed by atoms with Crippen molar-refractivity contribution < 1.29 is 4.79 Å². The molecule has 19 heavy (non-hydrogen) atoms. The maximum Gasteiger partial charge on any atom is 0.236 e. The summed E-state index contributed by atoms with van der Waals surface area (Å²) in [5.74, 6) is 0.249. The fourth-order valence-electron chi connectivity index (χ4n) is 3.13. The van der Waals surface area contributed by atoms with Crippen LogP contribution in [0.2, 0.25) is 0 Å². The molecule has 0 saturated carbocycles. The smallest absolute Gasteiger partial charge is 0.236 e. The number of nitrogens with zero attached hydrogens (tertiary/aromatic N) is 1. The second-order valence-electron chi connectivity index (χ2n) is 5.65. The van der Waals surface area contributed by atoms with Crippen LogP contribution in [-0.2, 0) is 24.2 Å². The summed E-state index contributed by atoms with van der Waals surface area (Å²) in [5.41, 5.74) is 4.32. The van der Waals surface area contributed by atoms with Crippen molar-refractivity contribution >= 4 is 5.91 Å². The van der Waals surface area contributed by atoms with Crippen molar-refractivity contribution in [3.63, 3.8) is 0 Å². The highest BCUT2D eigenvalue weighted by Crippen LogP contribution is 2.22. The van der Waals surface area contributed by atoms with Crippen LogP contribution in [0.4, 0.5) is 0 Å². The second kappa shape index (κ2) is 5.74. The van der Waals surface area contributed by atoms with E-state index >= 15 is 0 Å². The Balaban J connectivity index is 1.48. The third-order valence-corrected chi connectivity index (χ3v) is 4.23. The predicted molar refractivity (Wildman–Crippen MR) is 76.0 cm³/mol. The minimum Gasteiger partial charge on any atom is -0.342 e. The van der Waals surface area contributed by atoms with E-state index in [0.29, 0.717) is 6.54 Å². The molecular formula is C16H22N2O. The van der Waals surface area contributed by atoms with Gasteiger partial charge >= 0.3 is 0 Å². The quantitative estimate of drug-likeness (QED) is 0.894. The third kappa shape index (κ3) is 2.98. The summed E-state index contributed by atoms with van der Waals surface area (Å²) >= 11 is 0. The molecule has 1 saturated heterocycles. The van der Waals surface area contributed by atoms with Gasteiger partial charge in [0.2, 0.25) is 5.91 Å². The van der Waals surface area contributed by atoms with Gasteiger partial charge in [-0.05, 0) is 48.8 Å². The van der Waals surface area contributed by atoms with Crippen molar-refractivity contribution in [1.29, 1.82) is 0 Å². The van der Waals surface area contributed by atoms with Crippen LogP contribution in [0, 0.1) is 0 Å². The van der Waals surface area contributed by atoms with Gasteiger partial charge < -0.3 is 10.2 Å². The van der Waals surface area contributed by atoms with E-state index in [1.807, 2.05) is 4.90 Å². The molecule has 3 heteroatoms. The molecule has 1 N–H and O–H groups in total. The van der Waals surface area contributed by atoms with Crippen LogP contribution in [-0.4, -0.2) is 30.4 Å². The summed E-state index contributed by atoms with van der Waals surface area (Å²) in [6, 6.07) is 6.74. The highest BCUT2D eigenvalue weighted by atomic mass is 16.2. The number of hydrogen-bond acceptors (Lipinski definition) is 2. The lowest BCUT2D eigenvalue weighted by atomic mass is 10.1. The largest absolute Gasteiger partial charge is 0.342 e. The zero-order valence-electron chi connectivity index (χ0n) is 11.5. The van der Waals surface area contributed by atoms with E-state index in [2.05, 4.69) is 23.5 Å². The van der Waals surface area contributed by atoms with Crippen molar-refractivity contribution in [2.24, 2.45) is 0 Å². The van der Waals surface area contributed by atoms with Crippen LogP contribution >= 0.6 is 0 Å². The third-order valence-electron chi connectivity index (χ3n) is 4.23. The number of fused-ring (bicyclic) bond motifs is 1. The van der Waals surface area contributed by atoms with Gasteiger partial charge in [0.25, 0.3) is 0 Å². The molecule has 3 rings (SSSR count). The highest BCUT2D eigenvalue weighted by molar-refractivity contribution is 5.78. The van der Waals surface area contributed by atoms with Crippen molar-refractivity contribution in [2.75, 3.05) is 19.6 Å². The fourth-order valence-corrected chi connectivity index (χ4v) is 3.13. The van der Waals surface area contributed by atoms with E-state index in [1.54, 1.807) is 0 Å². The Morgan fingerprint density at radius 2 is 1.89 bits per heavy atom. The first-order chi connectivity index (χ1) is 9.33. The van der Waals surface area contributed by atoms with E-state index < -0.39 is 0 Å². The molecular weight excluding hydrogens is 236 g/mol. The molecule has 1 aromatic rings. The van der Waals surface area contributed by atoms with E-state index in [0.717, 1.165) is 32.5 Å². The lowest BCUT2D eigenvalue weighted by Gasteiger charge is -2.15. The van der Waals surface area contributed by atoms with Crippen molar-refractivity contribution in [1.82, 2.24) is 10.2 Å². The summed E-state index contributed by atoms with van der Waals surface area (Å²) in [4.78, 5) is 13.9. The minimum absolute atomic E-state index is 0.249. The molecule has 2 aliphatic rings. The van der Waals surface area contributed by atoms with Crippen molar-refractivity contribution in [3.8, 4) is 0 Å². The Bertz CT molecular complexity index is 464. The molecule has 0 bridgehead atoms. The van der Waals surface area contributed by atoms with Gasteiger partial charge in [-0.3, -0.25) is 4.79 Å². The fraction of sp³-hybridized carbons (Fsp3) is 0.562. The number of benzene rings is 1. The average molecular weight is 258 g/mol. The molecule has 1 aromatic carbocycles. The topological polar surface area (TPSA) is 32.3 Å². The first-order valence-corrected chi connectivity index (χ1v) is 7.42. The van der Waals surface area contributed by atoms with Gasteiger partial charge in [-0.25, -0.2) is 0 Å². The van der Waals surface area contributed by atoms with Gasteiger partial charge in [0, 0.05) is 19.6 Å². The first-order valence-electron chi connectivity index (χ1n) is 7.42. The predicted octanol–water partition coefficient (Wildman–Crippen LogP) is 1.89. The minimum atomic E-state index is 0.249. The summed E-state index contributed by atoms with van der Waals surface area (Å²) in [5, 5.41) is 3.28. The van der Waals surface area contributed by atoms with Crippen LogP contribution in [0.25, 0.3) is 0 Å². The number of carbonyl (C=O) groups excluding carboxylic acids is 1. The number of amides is 1. The maximum absolute atomic E-state index is 11.9. The molecule has 1 aliphatic heterocycles. The average Bonchev–Trinajstić information content (AvgIpc) is 3.09. The first kappa shape index (κ1) is 12.7.